The quantitative estimate of drug-likeness (QED) is 0.482. The maximum Gasteiger partial charge on any atom is 0.269 e. The second-order valence-electron chi connectivity index (χ2n) is 4.88. The van der Waals surface area contributed by atoms with Crippen LogP contribution < -0.4 is 0 Å². The van der Waals surface area contributed by atoms with Crippen LogP contribution in [0.25, 0.3) is 0 Å². The van der Waals surface area contributed by atoms with Gasteiger partial charge in [-0.3, -0.25) is 15.0 Å². The molecule has 1 atom stereocenters. The maximum absolute atomic E-state index is 10.7. The van der Waals surface area contributed by atoms with Crippen molar-refractivity contribution in [2.45, 2.75) is 12.6 Å². The van der Waals surface area contributed by atoms with Crippen LogP contribution >= 0.6 is 23.4 Å². The highest BCUT2D eigenvalue weighted by molar-refractivity contribution is 8.01. The predicted molar refractivity (Wildman–Crippen MR) is 86.3 cm³/mol. The van der Waals surface area contributed by atoms with Crippen molar-refractivity contribution in [3.63, 3.8) is 0 Å². The Bertz CT molecular complexity index is 663. The first-order chi connectivity index (χ1) is 10.6. The second-order valence-corrected chi connectivity index (χ2v) is 6.08. The van der Waals surface area contributed by atoms with Gasteiger partial charge in [-0.2, -0.15) is 0 Å². The molecule has 0 amide bonds. The monoisotopic (exact) mass is 333 g/mol. The van der Waals surface area contributed by atoms with E-state index in [-0.39, 0.29) is 16.7 Å². The fraction of sp³-hybridized carbons (Fsp3) is 0.200. The number of pyridine rings is 1. The van der Waals surface area contributed by atoms with E-state index in [2.05, 4.69) is 15.8 Å². The first kappa shape index (κ1) is 15.3. The van der Waals surface area contributed by atoms with E-state index in [9.17, 15) is 10.1 Å². The number of nitro benzene ring substituents is 1. The van der Waals surface area contributed by atoms with Crippen molar-refractivity contribution < 1.29 is 4.92 Å². The Hall–Kier alpha value is -1.63. The molecule has 0 N–H and O–H groups in total. The molecule has 22 heavy (non-hydrogen) atoms. The maximum atomic E-state index is 10.7. The molecule has 0 bridgehead atoms. The van der Waals surface area contributed by atoms with Gasteiger partial charge in [-0.05, 0) is 17.2 Å². The molecule has 1 aliphatic heterocycles. The number of rotatable bonds is 4. The molecule has 3 rings (SSSR count). The van der Waals surface area contributed by atoms with Crippen LogP contribution in [0.5, 0.6) is 0 Å². The standard InChI is InChI=1S/C15H12ClN3O2S/c16-15-6-1-11(7-17-15)8-18-10-22-9-14(18)12-2-4-13(5-3-12)19(20)21/h1-7,14H,8-9H2. The summed E-state index contributed by atoms with van der Waals surface area (Å²) in [7, 11) is 0. The third kappa shape index (κ3) is 3.40. The minimum absolute atomic E-state index is 0.107. The summed E-state index contributed by atoms with van der Waals surface area (Å²) in [4.78, 5) is 16.5. The highest BCUT2D eigenvalue weighted by atomic mass is 35.5. The highest BCUT2D eigenvalue weighted by Gasteiger charge is 2.28. The molecular weight excluding hydrogens is 322 g/mol. The molecule has 7 heteroatoms. The van der Waals surface area contributed by atoms with Crippen molar-refractivity contribution in [1.82, 2.24) is 9.88 Å². The van der Waals surface area contributed by atoms with Gasteiger partial charge in [0.1, 0.15) is 11.0 Å². The molecule has 1 aliphatic rings. The van der Waals surface area contributed by atoms with Crippen molar-refractivity contribution in [2.75, 3.05) is 5.75 Å². The number of nitro groups is 1. The molecule has 1 fully saturated rings. The largest absolute Gasteiger partial charge is 0.272 e. The average molecular weight is 334 g/mol. The van der Waals surface area contributed by atoms with Crippen LogP contribution in [0.2, 0.25) is 5.15 Å². The summed E-state index contributed by atoms with van der Waals surface area (Å²) in [5, 5.41) is 11.2. The Balaban J connectivity index is 1.75. The van der Waals surface area contributed by atoms with Gasteiger partial charge in [0.2, 0.25) is 0 Å². The van der Waals surface area contributed by atoms with E-state index in [1.54, 1.807) is 36.2 Å². The van der Waals surface area contributed by atoms with Gasteiger partial charge in [-0.15, -0.1) is 11.8 Å². The second kappa shape index (κ2) is 6.64. The van der Waals surface area contributed by atoms with Crippen LogP contribution in [0.1, 0.15) is 17.2 Å². The number of halogens is 1. The Labute approximate surface area is 137 Å². The molecule has 1 aromatic carbocycles. The number of non-ortho nitro benzene ring substituents is 1. The fourth-order valence-corrected chi connectivity index (χ4v) is 3.36. The van der Waals surface area contributed by atoms with E-state index in [4.69, 9.17) is 11.6 Å². The minimum Gasteiger partial charge on any atom is -0.272 e. The van der Waals surface area contributed by atoms with Gasteiger partial charge in [0.15, 0.2) is 0 Å². The Morgan fingerprint density at radius 2 is 2.14 bits per heavy atom. The molecule has 2 radical (unpaired) electrons. The number of nitrogens with zero attached hydrogens (tertiary/aromatic N) is 3. The van der Waals surface area contributed by atoms with Crippen LogP contribution in [-0.4, -0.2) is 20.6 Å². The molecule has 2 aromatic rings. The lowest BCUT2D eigenvalue weighted by atomic mass is 10.1. The van der Waals surface area contributed by atoms with Crippen LogP contribution in [0.3, 0.4) is 0 Å². The van der Waals surface area contributed by atoms with Crippen molar-refractivity contribution in [1.29, 1.82) is 0 Å². The third-order valence-electron chi connectivity index (χ3n) is 3.43. The SMILES string of the molecule is O=[N+]([O-])c1ccc(C2CS[C]N2Cc2ccc(Cl)nc2)cc1. The predicted octanol–water partition coefficient (Wildman–Crippen LogP) is 3.93. The van der Waals surface area contributed by atoms with Gasteiger partial charge >= 0.3 is 0 Å². The van der Waals surface area contributed by atoms with E-state index >= 15 is 0 Å². The summed E-state index contributed by atoms with van der Waals surface area (Å²) in [5.74, 6) is 4.13. The van der Waals surface area contributed by atoms with E-state index in [0.29, 0.717) is 11.7 Å². The van der Waals surface area contributed by atoms with Crippen molar-refractivity contribution in [3.8, 4) is 0 Å². The number of benzene rings is 1. The van der Waals surface area contributed by atoms with Crippen LogP contribution in [0.15, 0.2) is 42.6 Å². The van der Waals surface area contributed by atoms with Gasteiger partial charge in [-0.25, -0.2) is 4.98 Å². The van der Waals surface area contributed by atoms with E-state index < -0.39 is 0 Å². The van der Waals surface area contributed by atoms with Crippen molar-refractivity contribution in [2.24, 2.45) is 0 Å². The Morgan fingerprint density at radius 3 is 2.77 bits per heavy atom. The van der Waals surface area contributed by atoms with Gasteiger partial charge in [0.25, 0.3) is 5.69 Å². The summed E-state index contributed by atoms with van der Waals surface area (Å²) in [6.07, 6.45) is 1.75. The normalized spacial score (nSPS) is 18.5. The molecule has 1 saturated heterocycles. The summed E-state index contributed by atoms with van der Waals surface area (Å²) in [5.41, 5.74) is 2.20. The first-order valence-electron chi connectivity index (χ1n) is 6.62. The summed E-state index contributed by atoms with van der Waals surface area (Å²) < 4.78 is 0. The number of hydrogen-bond donors (Lipinski definition) is 0. The van der Waals surface area contributed by atoms with Crippen LogP contribution in [0, 0.1) is 16.0 Å². The van der Waals surface area contributed by atoms with E-state index in [1.165, 1.54) is 0 Å². The first-order valence-corrected chi connectivity index (χ1v) is 7.99. The van der Waals surface area contributed by atoms with Crippen molar-refractivity contribution in [3.05, 3.63) is 74.9 Å². The molecule has 112 valence electrons. The molecule has 0 saturated carbocycles. The molecule has 1 aromatic heterocycles. The molecular formula is C15H12ClN3O2S. The van der Waals surface area contributed by atoms with E-state index in [0.717, 1.165) is 16.9 Å². The average Bonchev–Trinajstić information content (AvgIpc) is 2.98. The van der Waals surface area contributed by atoms with Gasteiger partial charge < -0.3 is 0 Å². The number of thioether (sulfide) groups is 1. The molecule has 0 aliphatic carbocycles. The van der Waals surface area contributed by atoms with E-state index in [1.807, 2.05) is 18.2 Å². The smallest absolute Gasteiger partial charge is 0.269 e. The highest BCUT2D eigenvalue weighted by Crippen LogP contribution is 2.37. The summed E-state index contributed by atoms with van der Waals surface area (Å²) in [6.45, 7) is 0.679. The lowest BCUT2D eigenvalue weighted by Gasteiger charge is -2.23. The lowest BCUT2D eigenvalue weighted by Crippen LogP contribution is -2.21. The number of aromatic nitrogens is 1. The molecule has 2 heterocycles. The topological polar surface area (TPSA) is 59.3 Å². The van der Waals surface area contributed by atoms with Crippen molar-refractivity contribution >= 4 is 29.1 Å². The summed E-state index contributed by atoms with van der Waals surface area (Å²) >= 11 is 7.41. The van der Waals surface area contributed by atoms with Crippen LogP contribution in [0.4, 0.5) is 5.69 Å². The molecule has 0 spiro atoms. The van der Waals surface area contributed by atoms with Gasteiger partial charge in [0.05, 0.1) is 4.92 Å². The molecule has 5 nitrogen and oxygen atoms in total. The lowest BCUT2D eigenvalue weighted by molar-refractivity contribution is -0.384. The summed E-state index contributed by atoms with van der Waals surface area (Å²) in [6, 6.07) is 10.6. The Morgan fingerprint density at radius 1 is 1.36 bits per heavy atom. The number of hydrogen-bond acceptors (Lipinski definition) is 5. The van der Waals surface area contributed by atoms with Gasteiger partial charge in [-0.1, -0.05) is 29.8 Å². The van der Waals surface area contributed by atoms with Crippen LogP contribution in [-0.2, 0) is 6.54 Å². The molecule has 1 unspecified atom stereocenters. The zero-order valence-corrected chi connectivity index (χ0v) is 13.0. The van der Waals surface area contributed by atoms with Gasteiger partial charge in [0, 0.05) is 36.7 Å². The Kier molecular flexibility index (Phi) is 4.61. The fourth-order valence-electron chi connectivity index (χ4n) is 2.29. The minimum atomic E-state index is -0.386. The third-order valence-corrected chi connectivity index (χ3v) is 4.50. The zero-order valence-electron chi connectivity index (χ0n) is 11.5. The zero-order chi connectivity index (χ0) is 15.5.